The third kappa shape index (κ3) is 4.98. The Balaban J connectivity index is 2.09. The molecule has 1 aromatic heterocycles. The SMILES string of the molecule is O=C(O)CC(NC(=S)Nc1ccncc1)c1cccc(Cl)c1. The molecule has 0 aliphatic rings. The van der Waals surface area contributed by atoms with Crippen LogP contribution in [0, 0.1) is 0 Å². The number of thiocarbonyl (C=S) groups is 1. The zero-order valence-corrected chi connectivity index (χ0v) is 13.1. The van der Waals surface area contributed by atoms with Gasteiger partial charge in [0.25, 0.3) is 0 Å². The van der Waals surface area contributed by atoms with E-state index >= 15 is 0 Å². The number of carboxylic acid groups (broad SMARTS) is 1. The molecule has 2 rings (SSSR count). The number of hydrogen-bond donors (Lipinski definition) is 3. The lowest BCUT2D eigenvalue weighted by atomic mass is 10.0. The highest BCUT2D eigenvalue weighted by atomic mass is 35.5. The van der Waals surface area contributed by atoms with Crippen LogP contribution in [-0.2, 0) is 4.79 Å². The van der Waals surface area contributed by atoms with Gasteiger partial charge in [-0.3, -0.25) is 9.78 Å². The second-order valence-corrected chi connectivity index (χ2v) is 5.38. The number of benzene rings is 1. The highest BCUT2D eigenvalue weighted by Crippen LogP contribution is 2.21. The van der Waals surface area contributed by atoms with Crippen molar-refractivity contribution in [2.24, 2.45) is 0 Å². The Morgan fingerprint density at radius 3 is 2.68 bits per heavy atom. The van der Waals surface area contributed by atoms with Gasteiger partial charge in [0.1, 0.15) is 0 Å². The lowest BCUT2D eigenvalue weighted by Gasteiger charge is -2.20. The van der Waals surface area contributed by atoms with E-state index < -0.39 is 12.0 Å². The van der Waals surface area contributed by atoms with Crippen LogP contribution in [0.5, 0.6) is 0 Å². The van der Waals surface area contributed by atoms with Gasteiger partial charge in [0, 0.05) is 23.1 Å². The Morgan fingerprint density at radius 1 is 1.32 bits per heavy atom. The molecule has 0 fully saturated rings. The van der Waals surface area contributed by atoms with Gasteiger partial charge in [-0.25, -0.2) is 0 Å². The monoisotopic (exact) mass is 335 g/mol. The number of aromatic nitrogens is 1. The van der Waals surface area contributed by atoms with E-state index in [4.69, 9.17) is 28.9 Å². The van der Waals surface area contributed by atoms with E-state index in [2.05, 4.69) is 15.6 Å². The number of nitrogens with zero attached hydrogens (tertiary/aromatic N) is 1. The van der Waals surface area contributed by atoms with Crippen molar-refractivity contribution in [3.63, 3.8) is 0 Å². The zero-order valence-electron chi connectivity index (χ0n) is 11.5. The number of halogens is 1. The van der Waals surface area contributed by atoms with Crippen LogP contribution in [0.1, 0.15) is 18.0 Å². The van der Waals surface area contributed by atoms with Gasteiger partial charge in [0.2, 0.25) is 0 Å². The first-order chi connectivity index (χ1) is 10.5. The van der Waals surface area contributed by atoms with Gasteiger partial charge in [-0.05, 0) is 42.0 Å². The Kier molecular flexibility index (Phi) is 5.68. The largest absolute Gasteiger partial charge is 0.481 e. The van der Waals surface area contributed by atoms with E-state index in [9.17, 15) is 4.79 Å². The maximum absolute atomic E-state index is 11.1. The van der Waals surface area contributed by atoms with Crippen LogP contribution in [0.3, 0.4) is 0 Å². The van der Waals surface area contributed by atoms with E-state index in [1.165, 1.54) is 0 Å². The molecule has 0 aliphatic carbocycles. The molecular weight excluding hydrogens is 322 g/mol. The van der Waals surface area contributed by atoms with Crippen LogP contribution in [-0.4, -0.2) is 21.2 Å². The summed E-state index contributed by atoms with van der Waals surface area (Å²) in [5, 5.41) is 15.9. The summed E-state index contributed by atoms with van der Waals surface area (Å²) in [6.45, 7) is 0. The summed E-state index contributed by atoms with van der Waals surface area (Å²) < 4.78 is 0. The summed E-state index contributed by atoms with van der Waals surface area (Å²) in [4.78, 5) is 15.0. The zero-order chi connectivity index (χ0) is 15.9. The Hall–Kier alpha value is -2.18. The predicted molar refractivity (Wildman–Crippen MR) is 90.0 cm³/mol. The van der Waals surface area contributed by atoms with Gasteiger partial charge in [-0.1, -0.05) is 23.7 Å². The molecule has 0 saturated carbocycles. The fourth-order valence-corrected chi connectivity index (χ4v) is 2.37. The molecule has 1 unspecified atom stereocenters. The number of carbonyl (C=O) groups is 1. The molecule has 0 aliphatic heterocycles. The van der Waals surface area contributed by atoms with Crippen molar-refractivity contribution in [3.8, 4) is 0 Å². The standard InChI is InChI=1S/C15H14ClN3O2S/c16-11-3-1-2-10(8-11)13(9-14(20)21)19-15(22)18-12-4-6-17-7-5-12/h1-8,13H,9H2,(H,20,21)(H2,17,18,19,22). The average molecular weight is 336 g/mol. The summed E-state index contributed by atoms with van der Waals surface area (Å²) >= 11 is 11.2. The predicted octanol–water partition coefficient (Wildman–Crippen LogP) is 3.24. The molecule has 22 heavy (non-hydrogen) atoms. The maximum atomic E-state index is 11.1. The molecule has 1 heterocycles. The van der Waals surface area contributed by atoms with E-state index in [-0.39, 0.29) is 6.42 Å². The van der Waals surface area contributed by atoms with Crippen LogP contribution >= 0.6 is 23.8 Å². The van der Waals surface area contributed by atoms with Gasteiger partial charge in [-0.15, -0.1) is 0 Å². The second-order valence-electron chi connectivity index (χ2n) is 4.54. The van der Waals surface area contributed by atoms with Crippen LogP contribution in [0.15, 0.2) is 48.8 Å². The fourth-order valence-electron chi connectivity index (χ4n) is 1.91. The molecule has 2 aromatic rings. The van der Waals surface area contributed by atoms with Crippen molar-refractivity contribution < 1.29 is 9.90 Å². The number of carboxylic acids is 1. The summed E-state index contributed by atoms with van der Waals surface area (Å²) in [5.41, 5.74) is 1.53. The van der Waals surface area contributed by atoms with Crippen LogP contribution in [0.2, 0.25) is 5.02 Å². The summed E-state index contributed by atoms with van der Waals surface area (Å²) in [5.74, 6) is -0.927. The number of nitrogens with one attached hydrogen (secondary N) is 2. The van der Waals surface area contributed by atoms with Crippen molar-refractivity contribution in [2.45, 2.75) is 12.5 Å². The number of pyridine rings is 1. The minimum Gasteiger partial charge on any atom is -0.481 e. The van der Waals surface area contributed by atoms with Gasteiger partial charge < -0.3 is 15.7 Å². The van der Waals surface area contributed by atoms with E-state index in [1.807, 2.05) is 6.07 Å². The lowest BCUT2D eigenvalue weighted by Crippen LogP contribution is -2.33. The molecule has 1 atom stereocenters. The van der Waals surface area contributed by atoms with Crippen LogP contribution in [0.25, 0.3) is 0 Å². The topological polar surface area (TPSA) is 74.2 Å². The number of anilines is 1. The highest BCUT2D eigenvalue weighted by molar-refractivity contribution is 7.80. The molecule has 0 amide bonds. The molecule has 5 nitrogen and oxygen atoms in total. The normalized spacial score (nSPS) is 11.5. The van der Waals surface area contributed by atoms with E-state index in [1.54, 1.807) is 42.7 Å². The molecule has 0 radical (unpaired) electrons. The number of aliphatic carboxylic acids is 1. The molecule has 0 saturated heterocycles. The molecular formula is C15H14ClN3O2S. The van der Waals surface area contributed by atoms with Crippen LogP contribution < -0.4 is 10.6 Å². The van der Waals surface area contributed by atoms with Gasteiger partial charge in [0.05, 0.1) is 12.5 Å². The first-order valence-electron chi connectivity index (χ1n) is 6.49. The summed E-state index contributed by atoms with van der Waals surface area (Å²) in [6, 6.07) is 10.1. The molecule has 7 heteroatoms. The van der Waals surface area contributed by atoms with Crippen molar-refractivity contribution in [1.29, 1.82) is 0 Å². The third-order valence-electron chi connectivity index (χ3n) is 2.87. The first-order valence-corrected chi connectivity index (χ1v) is 7.28. The molecule has 0 spiro atoms. The van der Waals surface area contributed by atoms with Crippen molar-refractivity contribution in [3.05, 3.63) is 59.4 Å². The minimum atomic E-state index is -0.927. The Labute approximate surface area is 138 Å². The summed E-state index contributed by atoms with van der Waals surface area (Å²) in [7, 11) is 0. The van der Waals surface area contributed by atoms with Gasteiger partial charge >= 0.3 is 5.97 Å². The molecule has 0 bridgehead atoms. The molecule has 3 N–H and O–H groups in total. The average Bonchev–Trinajstić information content (AvgIpc) is 2.47. The maximum Gasteiger partial charge on any atom is 0.305 e. The quantitative estimate of drug-likeness (QED) is 0.728. The van der Waals surface area contributed by atoms with Crippen molar-refractivity contribution >= 4 is 40.6 Å². The fraction of sp³-hybridized carbons (Fsp3) is 0.133. The Morgan fingerprint density at radius 2 is 2.05 bits per heavy atom. The van der Waals surface area contributed by atoms with Crippen molar-refractivity contribution in [1.82, 2.24) is 10.3 Å². The second kappa shape index (κ2) is 7.72. The molecule has 1 aromatic carbocycles. The summed E-state index contributed by atoms with van der Waals surface area (Å²) in [6.07, 6.45) is 3.16. The number of hydrogen-bond acceptors (Lipinski definition) is 3. The van der Waals surface area contributed by atoms with E-state index in [0.29, 0.717) is 10.1 Å². The van der Waals surface area contributed by atoms with Crippen LogP contribution in [0.4, 0.5) is 5.69 Å². The third-order valence-corrected chi connectivity index (χ3v) is 3.33. The van der Waals surface area contributed by atoms with E-state index in [0.717, 1.165) is 11.3 Å². The minimum absolute atomic E-state index is 0.113. The van der Waals surface area contributed by atoms with Gasteiger partial charge in [0.15, 0.2) is 5.11 Å². The lowest BCUT2D eigenvalue weighted by molar-refractivity contribution is -0.137. The van der Waals surface area contributed by atoms with Crippen molar-refractivity contribution in [2.75, 3.05) is 5.32 Å². The van der Waals surface area contributed by atoms with Gasteiger partial charge in [-0.2, -0.15) is 0 Å². The highest BCUT2D eigenvalue weighted by Gasteiger charge is 2.17. The smallest absolute Gasteiger partial charge is 0.305 e. The number of rotatable bonds is 5. The Bertz CT molecular complexity index is 667. The molecule has 114 valence electrons. The first kappa shape index (κ1) is 16.2.